The van der Waals surface area contributed by atoms with Crippen LogP contribution in [0.3, 0.4) is 0 Å². The van der Waals surface area contributed by atoms with Gasteiger partial charge in [-0.1, -0.05) is 0 Å². The van der Waals surface area contributed by atoms with Gasteiger partial charge in [-0.3, -0.25) is 14.0 Å². The SMILES string of the molecule is CCOC(=O)Cc1nc2sc(C)c(C)n2c1C=O. The predicted molar refractivity (Wildman–Crippen MR) is 68.3 cm³/mol. The molecule has 18 heavy (non-hydrogen) atoms. The number of nitrogens with zero attached hydrogens (tertiary/aromatic N) is 2. The molecule has 0 radical (unpaired) electrons. The van der Waals surface area contributed by atoms with Crippen molar-refractivity contribution >= 4 is 28.6 Å². The second kappa shape index (κ2) is 4.89. The van der Waals surface area contributed by atoms with Crippen molar-refractivity contribution in [3.63, 3.8) is 0 Å². The van der Waals surface area contributed by atoms with Crippen LogP contribution in [-0.2, 0) is 16.0 Å². The zero-order valence-electron chi connectivity index (χ0n) is 10.5. The Kier molecular flexibility index (Phi) is 3.47. The highest BCUT2D eigenvalue weighted by atomic mass is 32.1. The molecule has 0 aliphatic carbocycles. The van der Waals surface area contributed by atoms with Gasteiger partial charge in [-0.05, 0) is 20.8 Å². The molecule has 0 saturated heterocycles. The molecule has 0 unspecified atom stereocenters. The highest BCUT2D eigenvalue weighted by molar-refractivity contribution is 7.17. The molecule has 0 aliphatic heterocycles. The Bertz CT molecular complexity index is 612. The van der Waals surface area contributed by atoms with Crippen LogP contribution in [0.15, 0.2) is 0 Å². The van der Waals surface area contributed by atoms with Gasteiger partial charge in [0.15, 0.2) is 11.2 Å². The third-order valence-corrected chi connectivity index (χ3v) is 3.83. The number of fused-ring (bicyclic) bond motifs is 1. The molecule has 0 bridgehead atoms. The van der Waals surface area contributed by atoms with E-state index < -0.39 is 0 Å². The van der Waals surface area contributed by atoms with Gasteiger partial charge in [-0.25, -0.2) is 4.98 Å². The van der Waals surface area contributed by atoms with Crippen LogP contribution in [0.25, 0.3) is 4.96 Å². The Morgan fingerprint density at radius 2 is 2.22 bits per heavy atom. The fraction of sp³-hybridized carbons (Fsp3) is 0.417. The lowest BCUT2D eigenvalue weighted by Gasteiger charge is -2.00. The topological polar surface area (TPSA) is 60.7 Å². The second-order valence-corrected chi connectivity index (χ2v) is 5.09. The number of aldehydes is 1. The molecule has 0 amide bonds. The summed E-state index contributed by atoms with van der Waals surface area (Å²) in [6, 6.07) is 0. The minimum Gasteiger partial charge on any atom is -0.466 e. The van der Waals surface area contributed by atoms with Crippen molar-refractivity contribution in [1.82, 2.24) is 9.38 Å². The van der Waals surface area contributed by atoms with Crippen LogP contribution in [0, 0.1) is 13.8 Å². The van der Waals surface area contributed by atoms with E-state index in [1.807, 2.05) is 13.8 Å². The number of imidazole rings is 1. The molecule has 0 saturated carbocycles. The largest absolute Gasteiger partial charge is 0.466 e. The molecule has 0 aliphatic rings. The molecule has 2 heterocycles. The van der Waals surface area contributed by atoms with Gasteiger partial charge in [0.25, 0.3) is 0 Å². The first-order valence-corrected chi connectivity index (χ1v) is 6.48. The fourth-order valence-corrected chi connectivity index (χ4v) is 2.81. The fourth-order valence-electron chi connectivity index (χ4n) is 1.82. The molecule has 2 aromatic rings. The van der Waals surface area contributed by atoms with E-state index in [4.69, 9.17) is 4.74 Å². The van der Waals surface area contributed by atoms with E-state index >= 15 is 0 Å². The van der Waals surface area contributed by atoms with Gasteiger partial charge >= 0.3 is 5.97 Å². The lowest BCUT2D eigenvalue weighted by Crippen LogP contribution is -2.09. The maximum atomic E-state index is 11.4. The summed E-state index contributed by atoms with van der Waals surface area (Å²) in [7, 11) is 0. The molecule has 0 spiro atoms. The molecule has 96 valence electrons. The number of thiazole rings is 1. The van der Waals surface area contributed by atoms with E-state index in [0.717, 1.165) is 21.8 Å². The molecule has 2 rings (SSSR count). The number of aromatic nitrogens is 2. The van der Waals surface area contributed by atoms with E-state index in [0.29, 0.717) is 18.0 Å². The van der Waals surface area contributed by atoms with Crippen molar-refractivity contribution in [2.75, 3.05) is 6.61 Å². The maximum Gasteiger partial charge on any atom is 0.311 e. The first-order valence-electron chi connectivity index (χ1n) is 5.66. The molecular weight excluding hydrogens is 252 g/mol. The molecule has 0 aromatic carbocycles. The molecule has 5 nitrogen and oxygen atoms in total. The zero-order chi connectivity index (χ0) is 13.3. The van der Waals surface area contributed by atoms with Gasteiger partial charge in [0.05, 0.1) is 18.7 Å². The van der Waals surface area contributed by atoms with Crippen LogP contribution >= 0.6 is 11.3 Å². The van der Waals surface area contributed by atoms with Gasteiger partial charge in [0, 0.05) is 10.6 Å². The molecule has 2 aromatic heterocycles. The number of rotatable bonds is 4. The third-order valence-electron chi connectivity index (χ3n) is 2.78. The minimum absolute atomic E-state index is 0.0365. The maximum absolute atomic E-state index is 11.4. The van der Waals surface area contributed by atoms with Crippen molar-refractivity contribution in [2.45, 2.75) is 27.2 Å². The Balaban J connectivity index is 2.46. The van der Waals surface area contributed by atoms with Crippen LogP contribution in [0.2, 0.25) is 0 Å². The summed E-state index contributed by atoms with van der Waals surface area (Å²) in [5.74, 6) is -0.360. The summed E-state index contributed by atoms with van der Waals surface area (Å²) < 4.78 is 6.66. The third kappa shape index (κ3) is 2.03. The Labute approximate surface area is 108 Å². The van der Waals surface area contributed by atoms with E-state index in [-0.39, 0.29) is 12.4 Å². The summed E-state index contributed by atoms with van der Waals surface area (Å²) in [5, 5.41) is 0. The first kappa shape index (κ1) is 12.8. The summed E-state index contributed by atoms with van der Waals surface area (Å²) in [5.41, 5.74) is 1.91. The number of aryl methyl sites for hydroxylation is 2. The van der Waals surface area contributed by atoms with Crippen LogP contribution in [0.4, 0.5) is 0 Å². The van der Waals surface area contributed by atoms with E-state index in [1.54, 1.807) is 11.3 Å². The summed E-state index contributed by atoms with van der Waals surface area (Å²) in [6.45, 7) is 5.99. The molecule has 6 heteroatoms. The van der Waals surface area contributed by atoms with E-state index in [1.165, 1.54) is 11.3 Å². The number of esters is 1. The summed E-state index contributed by atoms with van der Waals surface area (Å²) in [6.07, 6.45) is 0.780. The lowest BCUT2D eigenvalue weighted by molar-refractivity contribution is -0.142. The number of hydrogen-bond acceptors (Lipinski definition) is 5. The minimum atomic E-state index is -0.360. The highest BCUT2D eigenvalue weighted by Gasteiger charge is 2.19. The Morgan fingerprint density at radius 1 is 1.50 bits per heavy atom. The Morgan fingerprint density at radius 3 is 2.83 bits per heavy atom. The van der Waals surface area contributed by atoms with Gasteiger partial charge < -0.3 is 4.74 Å². The number of carbonyl (C=O) groups excluding carboxylic acids is 2. The molecular formula is C12H14N2O3S. The van der Waals surface area contributed by atoms with Gasteiger partial charge in [-0.15, -0.1) is 11.3 Å². The number of hydrogen-bond donors (Lipinski definition) is 0. The average molecular weight is 266 g/mol. The van der Waals surface area contributed by atoms with Crippen molar-refractivity contribution in [1.29, 1.82) is 0 Å². The molecule has 0 N–H and O–H groups in total. The average Bonchev–Trinajstić information content (AvgIpc) is 2.77. The number of carbonyl (C=O) groups is 2. The molecule has 0 atom stereocenters. The van der Waals surface area contributed by atoms with Crippen molar-refractivity contribution < 1.29 is 14.3 Å². The quantitative estimate of drug-likeness (QED) is 0.626. The van der Waals surface area contributed by atoms with Crippen LogP contribution < -0.4 is 0 Å². The van der Waals surface area contributed by atoms with Crippen LogP contribution in [0.5, 0.6) is 0 Å². The highest BCUT2D eigenvalue weighted by Crippen LogP contribution is 2.24. The number of ether oxygens (including phenoxy) is 1. The van der Waals surface area contributed by atoms with Gasteiger partial charge in [0.1, 0.15) is 5.69 Å². The molecule has 0 fully saturated rings. The van der Waals surface area contributed by atoms with Crippen molar-refractivity contribution in [2.24, 2.45) is 0 Å². The van der Waals surface area contributed by atoms with Gasteiger partial charge in [-0.2, -0.15) is 0 Å². The van der Waals surface area contributed by atoms with Crippen LogP contribution in [0.1, 0.15) is 33.7 Å². The van der Waals surface area contributed by atoms with Gasteiger partial charge in [0.2, 0.25) is 0 Å². The van der Waals surface area contributed by atoms with Crippen molar-refractivity contribution in [3.8, 4) is 0 Å². The zero-order valence-corrected chi connectivity index (χ0v) is 11.3. The van der Waals surface area contributed by atoms with Crippen LogP contribution in [-0.4, -0.2) is 28.2 Å². The Hall–Kier alpha value is -1.69. The summed E-state index contributed by atoms with van der Waals surface area (Å²) >= 11 is 1.51. The van der Waals surface area contributed by atoms with E-state index in [2.05, 4.69) is 4.98 Å². The van der Waals surface area contributed by atoms with Crippen molar-refractivity contribution in [3.05, 3.63) is 22.0 Å². The monoisotopic (exact) mass is 266 g/mol. The summed E-state index contributed by atoms with van der Waals surface area (Å²) in [4.78, 5) is 28.8. The van der Waals surface area contributed by atoms with E-state index in [9.17, 15) is 9.59 Å². The predicted octanol–water partition coefficient (Wildman–Crippen LogP) is 1.93. The normalized spacial score (nSPS) is 10.8. The second-order valence-electron chi connectivity index (χ2n) is 3.91. The lowest BCUT2D eigenvalue weighted by atomic mass is 10.2. The first-order chi connectivity index (χ1) is 8.58. The standard InChI is InChI=1S/C12H14N2O3S/c1-4-17-11(16)5-9-10(6-15)14-7(2)8(3)18-12(14)13-9/h6H,4-5H2,1-3H3. The smallest absolute Gasteiger partial charge is 0.311 e.